The summed E-state index contributed by atoms with van der Waals surface area (Å²) in [6, 6.07) is 11.2. The Morgan fingerprint density at radius 3 is 2.84 bits per heavy atom. The van der Waals surface area contributed by atoms with Crippen LogP contribution in [-0.2, 0) is 11.3 Å². The van der Waals surface area contributed by atoms with Crippen molar-refractivity contribution >= 4 is 56.2 Å². The zero-order chi connectivity index (χ0) is 22.7. The monoisotopic (exact) mass is 483 g/mol. The van der Waals surface area contributed by atoms with Crippen LogP contribution >= 0.6 is 34.4 Å². The van der Waals surface area contributed by atoms with Gasteiger partial charge < -0.3 is 10.1 Å². The molecule has 0 fully saturated rings. The molecule has 164 valence electrons. The molecule has 0 aliphatic carbocycles. The molecule has 3 aromatic heterocycles. The number of carbonyl (C=O) groups is 1. The highest BCUT2D eigenvalue weighted by Crippen LogP contribution is 2.35. The van der Waals surface area contributed by atoms with E-state index in [1.807, 2.05) is 35.0 Å². The quantitative estimate of drug-likeness (QED) is 0.203. The van der Waals surface area contributed by atoms with Gasteiger partial charge in [-0.05, 0) is 30.5 Å². The molecular weight excluding hydrogens is 462 g/mol. The molecule has 0 radical (unpaired) electrons. The van der Waals surface area contributed by atoms with Crippen LogP contribution in [-0.4, -0.2) is 27.8 Å². The van der Waals surface area contributed by atoms with Crippen LogP contribution in [0.2, 0.25) is 0 Å². The molecule has 32 heavy (non-hydrogen) atoms. The van der Waals surface area contributed by atoms with Crippen molar-refractivity contribution in [2.24, 2.45) is 0 Å². The first-order valence-corrected chi connectivity index (χ1v) is 12.4. The summed E-state index contributed by atoms with van der Waals surface area (Å²) in [7, 11) is 1.56. The van der Waals surface area contributed by atoms with Crippen molar-refractivity contribution < 1.29 is 9.53 Å². The molecular formula is C23H21N3O3S3. The van der Waals surface area contributed by atoms with Crippen molar-refractivity contribution in [3.8, 4) is 16.2 Å². The van der Waals surface area contributed by atoms with E-state index in [1.165, 1.54) is 23.1 Å². The van der Waals surface area contributed by atoms with Crippen LogP contribution in [0.15, 0.2) is 69.8 Å². The smallest absolute Gasteiger partial charge is 0.263 e. The Morgan fingerprint density at radius 2 is 2.12 bits per heavy atom. The Balaban J connectivity index is 1.66. The number of thioether (sulfide) groups is 1. The molecule has 0 bridgehead atoms. The SMILES string of the molecule is C=CCn1c(SC(C)C(=O)Nc2ccccc2OC)nc2scc(-c3cccs3)c2c1=O. The molecule has 0 spiro atoms. The number of methoxy groups -OCH3 is 1. The number of amides is 1. The number of allylic oxidation sites excluding steroid dienone is 1. The molecule has 1 amide bonds. The molecule has 4 rings (SSSR count). The molecule has 0 saturated carbocycles. The van der Waals surface area contributed by atoms with E-state index in [-0.39, 0.29) is 11.5 Å². The number of carbonyl (C=O) groups excluding carboxylic acids is 1. The molecule has 1 atom stereocenters. The van der Waals surface area contributed by atoms with E-state index in [2.05, 4.69) is 11.9 Å². The summed E-state index contributed by atoms with van der Waals surface area (Å²) < 4.78 is 6.88. The number of nitrogens with one attached hydrogen (secondary N) is 1. The van der Waals surface area contributed by atoms with Crippen molar-refractivity contribution in [2.75, 3.05) is 12.4 Å². The maximum absolute atomic E-state index is 13.4. The number of hydrogen-bond donors (Lipinski definition) is 1. The Kier molecular flexibility index (Phi) is 6.78. The minimum absolute atomic E-state index is 0.126. The lowest BCUT2D eigenvalue weighted by Crippen LogP contribution is -2.26. The molecule has 1 N–H and O–H groups in total. The number of aromatic nitrogens is 2. The maximum atomic E-state index is 13.4. The van der Waals surface area contributed by atoms with Crippen LogP contribution in [0.25, 0.3) is 20.7 Å². The zero-order valence-electron chi connectivity index (χ0n) is 17.5. The third-order valence-electron chi connectivity index (χ3n) is 4.77. The lowest BCUT2D eigenvalue weighted by Gasteiger charge is -2.16. The molecule has 9 heteroatoms. The van der Waals surface area contributed by atoms with E-state index >= 15 is 0 Å². The number of hydrogen-bond acceptors (Lipinski definition) is 7. The Morgan fingerprint density at radius 1 is 1.31 bits per heavy atom. The highest BCUT2D eigenvalue weighted by molar-refractivity contribution is 8.00. The highest BCUT2D eigenvalue weighted by atomic mass is 32.2. The molecule has 1 unspecified atom stereocenters. The van der Waals surface area contributed by atoms with Gasteiger partial charge in [0, 0.05) is 22.4 Å². The van der Waals surface area contributed by atoms with Gasteiger partial charge in [0.05, 0.1) is 23.4 Å². The second-order valence-corrected chi connectivity index (χ2v) is 9.97. The molecule has 6 nitrogen and oxygen atoms in total. The second kappa shape index (κ2) is 9.72. The summed E-state index contributed by atoms with van der Waals surface area (Å²) in [6.45, 7) is 5.88. The van der Waals surface area contributed by atoms with E-state index in [0.29, 0.717) is 33.4 Å². The van der Waals surface area contributed by atoms with E-state index in [4.69, 9.17) is 9.72 Å². The first kappa shape index (κ1) is 22.3. The van der Waals surface area contributed by atoms with Crippen LogP contribution in [0.5, 0.6) is 5.75 Å². The minimum Gasteiger partial charge on any atom is -0.495 e. The average Bonchev–Trinajstić information content (AvgIpc) is 3.46. The van der Waals surface area contributed by atoms with Crippen molar-refractivity contribution in [3.63, 3.8) is 0 Å². The van der Waals surface area contributed by atoms with Gasteiger partial charge in [-0.3, -0.25) is 14.2 Å². The number of nitrogens with zero attached hydrogens (tertiary/aromatic N) is 2. The summed E-state index contributed by atoms with van der Waals surface area (Å²) in [4.78, 5) is 32.7. The number of thiophene rings is 2. The van der Waals surface area contributed by atoms with Crippen molar-refractivity contribution in [3.05, 3.63) is 70.2 Å². The van der Waals surface area contributed by atoms with Gasteiger partial charge in [-0.1, -0.05) is 36.0 Å². The number of ether oxygens (including phenoxy) is 1. The first-order valence-electron chi connectivity index (χ1n) is 9.80. The van der Waals surface area contributed by atoms with Crippen LogP contribution < -0.4 is 15.6 Å². The van der Waals surface area contributed by atoms with Crippen LogP contribution in [0.1, 0.15) is 6.92 Å². The topological polar surface area (TPSA) is 73.2 Å². The molecule has 0 aliphatic rings. The molecule has 1 aromatic carbocycles. The van der Waals surface area contributed by atoms with Crippen molar-refractivity contribution in [1.29, 1.82) is 0 Å². The maximum Gasteiger partial charge on any atom is 0.263 e. The van der Waals surface area contributed by atoms with Gasteiger partial charge >= 0.3 is 0 Å². The summed E-state index contributed by atoms with van der Waals surface area (Å²) in [5.74, 6) is 0.380. The Bertz CT molecular complexity index is 1330. The first-order chi connectivity index (χ1) is 15.5. The third kappa shape index (κ3) is 4.36. The predicted octanol–water partition coefficient (Wildman–Crippen LogP) is 5.50. The van der Waals surface area contributed by atoms with E-state index in [1.54, 1.807) is 48.1 Å². The lowest BCUT2D eigenvalue weighted by atomic mass is 10.2. The van der Waals surface area contributed by atoms with E-state index in [0.717, 1.165) is 10.4 Å². The van der Waals surface area contributed by atoms with Crippen LogP contribution in [0.4, 0.5) is 5.69 Å². The number of fused-ring (bicyclic) bond motifs is 1. The molecule has 0 saturated heterocycles. The molecule has 0 aliphatic heterocycles. The fourth-order valence-corrected chi connectivity index (χ4v) is 5.91. The standard InChI is InChI=1S/C23H21N3O3S3/c1-4-11-26-22(28)19-15(18-10-7-12-30-18)13-31-21(19)25-23(26)32-14(2)20(27)24-16-8-5-6-9-17(16)29-3/h4-10,12-14H,1,11H2,2-3H3,(H,24,27). The fourth-order valence-electron chi connectivity index (χ4n) is 3.19. The van der Waals surface area contributed by atoms with Gasteiger partial charge in [-0.25, -0.2) is 4.98 Å². The van der Waals surface area contributed by atoms with E-state index in [9.17, 15) is 9.59 Å². The highest BCUT2D eigenvalue weighted by Gasteiger charge is 2.22. The second-order valence-electron chi connectivity index (χ2n) is 6.86. The van der Waals surface area contributed by atoms with Crippen LogP contribution in [0, 0.1) is 0 Å². The zero-order valence-corrected chi connectivity index (χ0v) is 20.0. The van der Waals surface area contributed by atoms with Gasteiger partial charge in [0.15, 0.2) is 5.16 Å². The van der Waals surface area contributed by atoms with Gasteiger partial charge in [0.2, 0.25) is 5.91 Å². The lowest BCUT2D eigenvalue weighted by molar-refractivity contribution is -0.115. The predicted molar refractivity (Wildman–Crippen MR) is 134 cm³/mol. The number of rotatable bonds is 8. The van der Waals surface area contributed by atoms with Crippen molar-refractivity contribution in [1.82, 2.24) is 9.55 Å². The number of anilines is 1. The molecule has 3 heterocycles. The average molecular weight is 484 g/mol. The Hall–Kier alpha value is -2.88. The third-order valence-corrected chi connectivity index (χ3v) is 7.64. The summed E-state index contributed by atoms with van der Waals surface area (Å²) >= 11 is 4.27. The summed E-state index contributed by atoms with van der Waals surface area (Å²) in [5, 5.41) is 7.45. The number of benzene rings is 1. The molecule has 4 aromatic rings. The van der Waals surface area contributed by atoms with Gasteiger partial charge in [-0.2, -0.15) is 0 Å². The largest absolute Gasteiger partial charge is 0.495 e. The van der Waals surface area contributed by atoms with Gasteiger partial charge in [0.1, 0.15) is 10.6 Å². The van der Waals surface area contributed by atoms with Gasteiger partial charge in [-0.15, -0.1) is 29.3 Å². The fraction of sp³-hybridized carbons (Fsp3) is 0.174. The van der Waals surface area contributed by atoms with E-state index < -0.39 is 5.25 Å². The van der Waals surface area contributed by atoms with Crippen molar-refractivity contribution in [2.45, 2.75) is 23.9 Å². The van der Waals surface area contributed by atoms with Crippen LogP contribution in [0.3, 0.4) is 0 Å². The summed E-state index contributed by atoms with van der Waals surface area (Å²) in [5.41, 5.74) is 1.37. The Labute approximate surface area is 197 Å². The minimum atomic E-state index is -0.489. The normalized spacial score (nSPS) is 11.9. The van der Waals surface area contributed by atoms with Gasteiger partial charge in [0.25, 0.3) is 5.56 Å². The number of para-hydroxylation sites is 2. The summed E-state index contributed by atoms with van der Waals surface area (Å²) in [6.07, 6.45) is 1.66.